The summed E-state index contributed by atoms with van der Waals surface area (Å²) in [6, 6.07) is 2.60. The number of aryl methyl sites for hydroxylation is 1. The van der Waals surface area contributed by atoms with Crippen LogP contribution in [0.5, 0.6) is 11.5 Å². The van der Waals surface area contributed by atoms with E-state index in [4.69, 9.17) is 14.0 Å². The highest BCUT2D eigenvalue weighted by molar-refractivity contribution is 7.90. The lowest BCUT2D eigenvalue weighted by atomic mass is 10.2. The maximum atomic E-state index is 12.6. The minimum atomic E-state index is -4.02. The van der Waals surface area contributed by atoms with Gasteiger partial charge in [0.15, 0.2) is 17.3 Å². The van der Waals surface area contributed by atoms with Crippen LogP contribution in [0.3, 0.4) is 0 Å². The van der Waals surface area contributed by atoms with E-state index in [2.05, 4.69) is 10.1 Å². The van der Waals surface area contributed by atoms with Crippen LogP contribution in [-0.2, 0) is 16.6 Å². The number of methoxy groups -OCH3 is 2. The number of hydrogen-bond donors (Lipinski definition) is 0. The van der Waals surface area contributed by atoms with Gasteiger partial charge in [-0.15, -0.1) is 0 Å². The first-order chi connectivity index (χ1) is 10.9. The molecule has 1 aromatic carbocycles. The Bertz CT molecular complexity index is 889. The maximum absolute atomic E-state index is 12.6. The Labute approximate surface area is 131 Å². The summed E-state index contributed by atoms with van der Waals surface area (Å²) in [6.07, 6.45) is 0. The Morgan fingerprint density at radius 1 is 1.22 bits per heavy atom. The molecule has 1 amide bonds. The predicted molar refractivity (Wildman–Crippen MR) is 75.6 cm³/mol. The molecule has 9 nitrogen and oxygen atoms in total. The number of aromatic nitrogens is 2. The lowest BCUT2D eigenvalue weighted by Crippen LogP contribution is -2.29. The summed E-state index contributed by atoms with van der Waals surface area (Å²) >= 11 is 0. The van der Waals surface area contributed by atoms with E-state index in [1.807, 2.05) is 0 Å². The summed E-state index contributed by atoms with van der Waals surface area (Å²) in [7, 11) is -1.24. The molecule has 0 atom stereocenters. The molecule has 0 saturated heterocycles. The highest BCUT2D eigenvalue weighted by Crippen LogP contribution is 2.39. The second-order valence-corrected chi connectivity index (χ2v) is 6.59. The lowest BCUT2D eigenvalue weighted by Gasteiger charge is -2.11. The van der Waals surface area contributed by atoms with Crippen molar-refractivity contribution in [2.75, 3.05) is 14.2 Å². The van der Waals surface area contributed by atoms with E-state index in [1.165, 1.54) is 26.4 Å². The molecular formula is C13H13N3O6S. The normalized spacial score (nSPS) is 15.6. The number of sulfonamides is 1. The molecule has 2 aromatic rings. The molecule has 23 heavy (non-hydrogen) atoms. The van der Waals surface area contributed by atoms with Crippen LogP contribution < -0.4 is 9.47 Å². The van der Waals surface area contributed by atoms with E-state index in [9.17, 15) is 13.2 Å². The van der Waals surface area contributed by atoms with E-state index >= 15 is 0 Å². The van der Waals surface area contributed by atoms with Crippen LogP contribution in [0.4, 0.5) is 0 Å². The van der Waals surface area contributed by atoms with Crippen LogP contribution >= 0.6 is 0 Å². The van der Waals surface area contributed by atoms with Gasteiger partial charge in [-0.3, -0.25) is 4.79 Å². The van der Waals surface area contributed by atoms with Crippen molar-refractivity contribution in [2.45, 2.75) is 18.4 Å². The summed E-state index contributed by atoms with van der Waals surface area (Å²) in [6.45, 7) is 1.26. The Morgan fingerprint density at radius 2 is 1.87 bits per heavy atom. The highest BCUT2D eigenvalue weighted by Gasteiger charge is 2.43. The van der Waals surface area contributed by atoms with Crippen molar-refractivity contribution in [3.8, 4) is 11.5 Å². The lowest BCUT2D eigenvalue weighted by molar-refractivity contribution is 0.0854. The third-order valence-corrected chi connectivity index (χ3v) is 5.13. The molecule has 0 radical (unpaired) electrons. The minimum Gasteiger partial charge on any atom is -0.493 e. The number of hydrogen-bond acceptors (Lipinski definition) is 8. The van der Waals surface area contributed by atoms with Crippen molar-refractivity contribution >= 4 is 15.9 Å². The molecule has 0 N–H and O–H groups in total. The van der Waals surface area contributed by atoms with Gasteiger partial charge >= 0.3 is 0 Å². The fraction of sp³-hybridized carbons (Fsp3) is 0.308. The highest BCUT2D eigenvalue weighted by atomic mass is 32.2. The van der Waals surface area contributed by atoms with Crippen molar-refractivity contribution < 1.29 is 27.2 Å². The number of nitrogens with zero attached hydrogens (tertiary/aromatic N) is 3. The molecule has 1 aromatic heterocycles. The van der Waals surface area contributed by atoms with Crippen LogP contribution in [0.2, 0.25) is 0 Å². The third kappa shape index (κ3) is 2.31. The first-order valence-electron chi connectivity index (χ1n) is 6.50. The SMILES string of the molecule is COc1cc2c(cc1OC)S(=O)(=O)N(Cc1nc(C)no1)C2=O. The van der Waals surface area contributed by atoms with Gasteiger partial charge in [0.25, 0.3) is 15.9 Å². The first-order valence-corrected chi connectivity index (χ1v) is 7.94. The van der Waals surface area contributed by atoms with Crippen LogP contribution in [0.15, 0.2) is 21.6 Å². The first kappa shape index (κ1) is 15.3. The molecule has 1 aliphatic rings. The number of fused-ring (bicyclic) bond motifs is 1. The van der Waals surface area contributed by atoms with E-state index in [0.29, 0.717) is 10.1 Å². The molecule has 0 unspecified atom stereocenters. The van der Waals surface area contributed by atoms with E-state index in [0.717, 1.165) is 0 Å². The average Bonchev–Trinajstić information content (AvgIpc) is 3.01. The molecule has 0 aliphatic carbocycles. The summed E-state index contributed by atoms with van der Waals surface area (Å²) in [4.78, 5) is 16.2. The molecule has 2 heterocycles. The monoisotopic (exact) mass is 339 g/mol. The zero-order valence-corrected chi connectivity index (χ0v) is 13.4. The van der Waals surface area contributed by atoms with Crippen LogP contribution in [0, 0.1) is 6.92 Å². The number of rotatable bonds is 4. The Balaban J connectivity index is 2.07. The van der Waals surface area contributed by atoms with Gasteiger partial charge in [0.05, 0.1) is 19.8 Å². The summed E-state index contributed by atoms with van der Waals surface area (Å²) < 4.78 is 40.9. The topological polar surface area (TPSA) is 112 Å². The quantitative estimate of drug-likeness (QED) is 0.802. The van der Waals surface area contributed by atoms with Gasteiger partial charge in [-0.05, 0) is 13.0 Å². The fourth-order valence-electron chi connectivity index (χ4n) is 2.29. The van der Waals surface area contributed by atoms with Crippen LogP contribution in [0.25, 0.3) is 0 Å². The minimum absolute atomic E-state index is 0.0129. The van der Waals surface area contributed by atoms with Gasteiger partial charge in [-0.25, -0.2) is 12.7 Å². The zero-order chi connectivity index (χ0) is 16.8. The van der Waals surface area contributed by atoms with Gasteiger partial charge in [0.2, 0.25) is 5.89 Å². The smallest absolute Gasteiger partial charge is 0.269 e. The fourth-order valence-corrected chi connectivity index (χ4v) is 3.80. The van der Waals surface area contributed by atoms with Gasteiger partial charge in [-0.1, -0.05) is 5.16 Å². The molecule has 3 rings (SSSR count). The molecule has 0 saturated carbocycles. The third-order valence-electron chi connectivity index (χ3n) is 3.36. The average molecular weight is 339 g/mol. The Morgan fingerprint density at radius 3 is 2.43 bits per heavy atom. The van der Waals surface area contributed by atoms with E-state index in [-0.39, 0.29) is 34.4 Å². The summed E-state index contributed by atoms with van der Waals surface area (Å²) in [5, 5.41) is 3.58. The van der Waals surface area contributed by atoms with Gasteiger partial charge in [0, 0.05) is 6.07 Å². The zero-order valence-electron chi connectivity index (χ0n) is 12.6. The van der Waals surface area contributed by atoms with Crippen molar-refractivity contribution in [3.63, 3.8) is 0 Å². The largest absolute Gasteiger partial charge is 0.493 e. The number of carbonyl (C=O) groups excluding carboxylic acids is 1. The van der Waals surface area contributed by atoms with Crippen molar-refractivity contribution in [1.82, 2.24) is 14.4 Å². The Kier molecular flexibility index (Phi) is 3.48. The van der Waals surface area contributed by atoms with Gasteiger partial charge in [0.1, 0.15) is 11.4 Å². The molecule has 0 fully saturated rings. The van der Waals surface area contributed by atoms with Crippen molar-refractivity contribution in [2.24, 2.45) is 0 Å². The number of amides is 1. The number of ether oxygens (including phenoxy) is 2. The number of benzene rings is 1. The summed E-state index contributed by atoms with van der Waals surface area (Å²) in [5.74, 6) is 0.191. The molecular weight excluding hydrogens is 326 g/mol. The van der Waals surface area contributed by atoms with Crippen molar-refractivity contribution in [3.05, 3.63) is 29.4 Å². The predicted octanol–water partition coefficient (Wildman–Crippen LogP) is 0.740. The number of carbonyl (C=O) groups is 1. The van der Waals surface area contributed by atoms with Gasteiger partial charge < -0.3 is 14.0 Å². The molecule has 0 bridgehead atoms. The molecule has 1 aliphatic heterocycles. The van der Waals surface area contributed by atoms with Gasteiger partial charge in [-0.2, -0.15) is 4.98 Å². The molecule has 122 valence electrons. The maximum Gasteiger partial charge on any atom is 0.269 e. The van der Waals surface area contributed by atoms with Crippen LogP contribution in [0.1, 0.15) is 22.1 Å². The Hall–Kier alpha value is -2.62. The van der Waals surface area contributed by atoms with Crippen molar-refractivity contribution in [1.29, 1.82) is 0 Å². The summed E-state index contributed by atoms with van der Waals surface area (Å²) in [5.41, 5.74) is 0.0129. The molecule has 0 spiro atoms. The second-order valence-electron chi connectivity index (χ2n) is 4.76. The second kappa shape index (κ2) is 5.23. The standard InChI is InChI=1S/C13H13N3O6S/c1-7-14-12(22-15-7)6-16-13(17)8-4-9(20-2)10(21-3)5-11(8)23(16,18)19/h4-5H,6H2,1-3H3. The van der Waals surface area contributed by atoms with Crippen LogP contribution in [-0.4, -0.2) is 43.0 Å². The molecule has 10 heteroatoms. The van der Waals surface area contributed by atoms with E-state index in [1.54, 1.807) is 6.92 Å². The van der Waals surface area contributed by atoms with E-state index < -0.39 is 15.9 Å².